The molecule has 3 rings (SSSR count). The van der Waals surface area contributed by atoms with Crippen LogP contribution in [0.2, 0.25) is 5.02 Å². The molecule has 2 heterocycles. The fourth-order valence-corrected chi connectivity index (χ4v) is 2.69. The van der Waals surface area contributed by atoms with Crippen molar-refractivity contribution in [3.63, 3.8) is 0 Å². The number of hydrogen-bond acceptors (Lipinski definition) is 3. The monoisotopic (exact) mass is 342 g/mol. The Labute approximate surface area is 145 Å². The number of hydrogen-bond donors (Lipinski definition) is 0. The van der Waals surface area contributed by atoms with Crippen molar-refractivity contribution in [1.82, 2.24) is 19.5 Å². The molecule has 0 saturated carbocycles. The fraction of sp³-hybridized carbons (Fsp3) is 0.278. The molecule has 0 aliphatic heterocycles. The third-order valence-electron chi connectivity index (χ3n) is 4.30. The minimum Gasteiger partial charge on any atom is -0.338 e. The maximum absolute atomic E-state index is 12.6. The Morgan fingerprint density at radius 3 is 2.88 bits per heavy atom. The van der Waals surface area contributed by atoms with Crippen molar-refractivity contribution in [3.05, 3.63) is 53.4 Å². The fourth-order valence-electron chi connectivity index (χ4n) is 2.50. The summed E-state index contributed by atoms with van der Waals surface area (Å²) >= 11 is 6.08. The van der Waals surface area contributed by atoms with Crippen molar-refractivity contribution in [3.8, 4) is 11.1 Å². The molecular formula is C18H19ClN4O. The molecule has 5 nitrogen and oxygen atoms in total. The predicted molar refractivity (Wildman–Crippen MR) is 95.3 cm³/mol. The summed E-state index contributed by atoms with van der Waals surface area (Å²) in [5.41, 5.74) is 2.82. The van der Waals surface area contributed by atoms with Crippen LogP contribution in [0.1, 0.15) is 30.8 Å². The zero-order valence-corrected chi connectivity index (χ0v) is 14.7. The molecule has 3 aromatic rings. The standard InChI is InChI=1S/C18H19ClN4O/c1-4-12(2)22(3)18(24)16-8-9-23-17(21-16)15(11-20-23)13-6-5-7-14(19)10-13/h5-12H,4H2,1-3H3. The van der Waals surface area contributed by atoms with Gasteiger partial charge in [-0.25, -0.2) is 9.50 Å². The Morgan fingerprint density at radius 1 is 1.38 bits per heavy atom. The molecule has 0 bridgehead atoms. The first-order valence-electron chi connectivity index (χ1n) is 7.88. The van der Waals surface area contributed by atoms with Crippen molar-refractivity contribution in [2.75, 3.05) is 7.05 Å². The van der Waals surface area contributed by atoms with E-state index in [1.807, 2.05) is 31.2 Å². The minimum atomic E-state index is -0.0925. The number of amides is 1. The molecule has 124 valence electrons. The van der Waals surface area contributed by atoms with Crippen molar-refractivity contribution in [2.45, 2.75) is 26.3 Å². The molecule has 1 atom stereocenters. The van der Waals surface area contributed by atoms with Gasteiger partial charge in [-0.1, -0.05) is 30.7 Å². The van der Waals surface area contributed by atoms with Gasteiger partial charge in [0, 0.05) is 29.9 Å². The maximum Gasteiger partial charge on any atom is 0.272 e. The van der Waals surface area contributed by atoms with Crippen molar-refractivity contribution >= 4 is 23.2 Å². The SMILES string of the molecule is CCC(C)N(C)C(=O)c1ccn2ncc(-c3cccc(Cl)c3)c2n1. The molecule has 6 heteroatoms. The maximum atomic E-state index is 12.6. The first-order chi connectivity index (χ1) is 11.5. The Balaban J connectivity index is 2.05. The van der Waals surface area contributed by atoms with Crippen molar-refractivity contribution < 1.29 is 4.79 Å². The first-order valence-corrected chi connectivity index (χ1v) is 8.26. The van der Waals surface area contributed by atoms with E-state index in [4.69, 9.17) is 11.6 Å². The molecule has 0 spiro atoms. The zero-order valence-electron chi connectivity index (χ0n) is 13.9. The van der Waals surface area contributed by atoms with Crippen LogP contribution in [0.15, 0.2) is 42.7 Å². The van der Waals surface area contributed by atoms with E-state index in [0.717, 1.165) is 17.5 Å². The second-order valence-corrected chi connectivity index (χ2v) is 6.26. The second-order valence-electron chi connectivity index (χ2n) is 5.82. The van der Waals surface area contributed by atoms with Crippen molar-refractivity contribution in [1.29, 1.82) is 0 Å². The van der Waals surface area contributed by atoms with E-state index in [9.17, 15) is 4.79 Å². The summed E-state index contributed by atoms with van der Waals surface area (Å²) in [4.78, 5) is 18.9. The van der Waals surface area contributed by atoms with Crippen LogP contribution in [0.5, 0.6) is 0 Å². The van der Waals surface area contributed by atoms with Crippen LogP contribution in [0, 0.1) is 0 Å². The summed E-state index contributed by atoms with van der Waals surface area (Å²) in [6, 6.07) is 9.37. The van der Waals surface area contributed by atoms with Crippen molar-refractivity contribution in [2.24, 2.45) is 0 Å². The molecule has 2 aromatic heterocycles. The van der Waals surface area contributed by atoms with E-state index in [0.29, 0.717) is 16.4 Å². The lowest BCUT2D eigenvalue weighted by atomic mass is 10.1. The molecular weight excluding hydrogens is 324 g/mol. The number of halogens is 1. The summed E-state index contributed by atoms with van der Waals surface area (Å²) in [6.07, 6.45) is 4.39. The highest BCUT2D eigenvalue weighted by Gasteiger charge is 2.19. The molecule has 0 saturated heterocycles. The Hall–Kier alpha value is -2.40. The lowest BCUT2D eigenvalue weighted by Crippen LogP contribution is -2.35. The lowest BCUT2D eigenvalue weighted by molar-refractivity contribution is 0.0735. The minimum absolute atomic E-state index is 0.0925. The van der Waals surface area contributed by atoms with E-state index >= 15 is 0 Å². The summed E-state index contributed by atoms with van der Waals surface area (Å²) in [5, 5.41) is 4.96. The number of carbonyl (C=O) groups excluding carboxylic acids is 1. The average Bonchev–Trinajstić information content (AvgIpc) is 3.02. The van der Waals surface area contributed by atoms with Crippen LogP contribution in [0.4, 0.5) is 0 Å². The third-order valence-corrected chi connectivity index (χ3v) is 4.53. The van der Waals surface area contributed by atoms with Crippen LogP contribution in [0.25, 0.3) is 16.8 Å². The van der Waals surface area contributed by atoms with Gasteiger partial charge in [0.15, 0.2) is 5.65 Å². The van der Waals surface area contributed by atoms with Crippen LogP contribution < -0.4 is 0 Å². The van der Waals surface area contributed by atoms with Crippen LogP contribution in [0.3, 0.4) is 0 Å². The van der Waals surface area contributed by atoms with Gasteiger partial charge >= 0.3 is 0 Å². The highest BCUT2D eigenvalue weighted by Crippen LogP contribution is 2.26. The third kappa shape index (κ3) is 2.99. The first kappa shape index (κ1) is 16.5. The largest absolute Gasteiger partial charge is 0.338 e. The van der Waals surface area contributed by atoms with Gasteiger partial charge in [0.2, 0.25) is 0 Å². The quantitative estimate of drug-likeness (QED) is 0.722. The Morgan fingerprint density at radius 2 is 2.17 bits per heavy atom. The Kier molecular flexibility index (Phi) is 4.53. The smallest absolute Gasteiger partial charge is 0.272 e. The van der Waals surface area contributed by atoms with Crippen LogP contribution >= 0.6 is 11.6 Å². The molecule has 1 amide bonds. The number of carbonyl (C=O) groups is 1. The summed E-state index contributed by atoms with van der Waals surface area (Å²) in [7, 11) is 1.80. The van der Waals surface area contributed by atoms with Gasteiger partial charge in [-0.2, -0.15) is 5.10 Å². The number of benzene rings is 1. The summed E-state index contributed by atoms with van der Waals surface area (Å²) in [5.74, 6) is -0.0925. The van der Waals surface area contributed by atoms with Gasteiger partial charge in [0.1, 0.15) is 5.69 Å². The van der Waals surface area contributed by atoms with Gasteiger partial charge in [-0.05, 0) is 37.1 Å². The average molecular weight is 343 g/mol. The molecule has 0 N–H and O–H groups in total. The molecule has 0 aliphatic rings. The molecule has 1 unspecified atom stereocenters. The molecule has 24 heavy (non-hydrogen) atoms. The summed E-state index contributed by atoms with van der Waals surface area (Å²) in [6.45, 7) is 4.08. The van der Waals surface area contributed by atoms with Gasteiger partial charge in [0.05, 0.1) is 6.20 Å². The topological polar surface area (TPSA) is 50.5 Å². The second kappa shape index (κ2) is 6.61. The lowest BCUT2D eigenvalue weighted by Gasteiger charge is -2.23. The highest BCUT2D eigenvalue weighted by atomic mass is 35.5. The van der Waals surface area contributed by atoms with E-state index in [1.165, 1.54) is 0 Å². The number of aromatic nitrogens is 3. The van der Waals surface area contributed by atoms with Crippen LogP contribution in [-0.4, -0.2) is 38.5 Å². The van der Waals surface area contributed by atoms with E-state index in [2.05, 4.69) is 17.0 Å². The van der Waals surface area contributed by atoms with E-state index in [1.54, 1.807) is 34.9 Å². The number of rotatable bonds is 4. The van der Waals surface area contributed by atoms with E-state index in [-0.39, 0.29) is 11.9 Å². The normalized spacial score (nSPS) is 12.3. The predicted octanol–water partition coefficient (Wildman–Crippen LogP) is 3.92. The van der Waals surface area contributed by atoms with Gasteiger partial charge in [0.25, 0.3) is 5.91 Å². The van der Waals surface area contributed by atoms with Gasteiger partial charge < -0.3 is 4.90 Å². The summed E-state index contributed by atoms with van der Waals surface area (Å²) < 4.78 is 1.66. The zero-order chi connectivity index (χ0) is 17.3. The molecule has 0 radical (unpaired) electrons. The van der Waals surface area contributed by atoms with E-state index < -0.39 is 0 Å². The number of nitrogens with zero attached hydrogens (tertiary/aromatic N) is 4. The Bertz CT molecular complexity index is 890. The molecule has 0 fully saturated rings. The number of fused-ring (bicyclic) bond motifs is 1. The highest BCUT2D eigenvalue weighted by molar-refractivity contribution is 6.30. The molecule has 1 aromatic carbocycles. The van der Waals surface area contributed by atoms with Crippen LogP contribution in [-0.2, 0) is 0 Å². The molecule has 0 aliphatic carbocycles. The van der Waals surface area contributed by atoms with Gasteiger partial charge in [-0.15, -0.1) is 0 Å². The van der Waals surface area contributed by atoms with Gasteiger partial charge in [-0.3, -0.25) is 4.79 Å².